The van der Waals surface area contributed by atoms with Crippen molar-refractivity contribution >= 4 is 34.5 Å². The molecule has 5 nitrogen and oxygen atoms in total. The molecule has 1 amide bonds. The van der Waals surface area contributed by atoms with Crippen LogP contribution in [0.2, 0.25) is 5.02 Å². The maximum absolute atomic E-state index is 12.6. The van der Waals surface area contributed by atoms with Crippen molar-refractivity contribution in [2.24, 2.45) is 0 Å². The van der Waals surface area contributed by atoms with Gasteiger partial charge in [-0.2, -0.15) is 0 Å². The van der Waals surface area contributed by atoms with Crippen molar-refractivity contribution < 1.29 is 9.53 Å². The zero-order chi connectivity index (χ0) is 19.5. The molecule has 2 heterocycles. The Morgan fingerprint density at radius 1 is 1.18 bits per heavy atom. The lowest BCUT2D eigenvalue weighted by Gasteiger charge is -2.32. The molecule has 4 rings (SSSR count). The van der Waals surface area contributed by atoms with E-state index < -0.39 is 0 Å². The van der Waals surface area contributed by atoms with Crippen LogP contribution in [-0.2, 0) is 9.53 Å². The molecule has 28 heavy (non-hydrogen) atoms. The summed E-state index contributed by atoms with van der Waals surface area (Å²) in [6.45, 7) is 1.40. The molecule has 1 aliphatic heterocycles. The van der Waals surface area contributed by atoms with E-state index in [0.717, 1.165) is 16.5 Å². The fourth-order valence-electron chi connectivity index (χ4n) is 3.31. The predicted molar refractivity (Wildman–Crippen MR) is 110 cm³/mol. The molecule has 0 spiro atoms. The maximum Gasteiger partial charge on any atom is 0.255 e. The molecule has 1 N–H and O–H groups in total. The summed E-state index contributed by atoms with van der Waals surface area (Å²) in [5.74, 6) is -0.150. The lowest BCUT2D eigenvalue weighted by atomic mass is 10.1. The van der Waals surface area contributed by atoms with E-state index in [-0.39, 0.29) is 17.6 Å². The summed E-state index contributed by atoms with van der Waals surface area (Å²) in [6.07, 6.45) is 2.80. The molecule has 6 heteroatoms. The number of aromatic amines is 1. The fourth-order valence-corrected chi connectivity index (χ4v) is 3.51. The van der Waals surface area contributed by atoms with Crippen LogP contribution >= 0.6 is 11.6 Å². The number of nitrogens with zero attached hydrogens (tertiary/aromatic N) is 1. The Hall–Kier alpha value is -2.89. The van der Waals surface area contributed by atoms with E-state index in [0.29, 0.717) is 30.3 Å². The number of fused-ring (bicyclic) bond motifs is 1. The highest BCUT2D eigenvalue weighted by atomic mass is 35.5. The van der Waals surface area contributed by atoms with Crippen LogP contribution in [0.15, 0.2) is 65.5 Å². The van der Waals surface area contributed by atoms with Crippen LogP contribution in [-0.4, -0.2) is 35.5 Å². The van der Waals surface area contributed by atoms with Gasteiger partial charge in [0.25, 0.3) is 5.56 Å². The number of carbonyl (C=O) groups is 1. The molecule has 0 aliphatic carbocycles. The largest absolute Gasteiger partial charge is 0.370 e. The molecule has 0 radical (unpaired) electrons. The van der Waals surface area contributed by atoms with Crippen molar-refractivity contribution in [2.75, 3.05) is 19.7 Å². The summed E-state index contributed by atoms with van der Waals surface area (Å²) >= 11 is 6.06. The average molecular weight is 395 g/mol. The second kappa shape index (κ2) is 8.00. The summed E-state index contributed by atoms with van der Waals surface area (Å²) < 4.78 is 5.80. The zero-order valence-corrected chi connectivity index (χ0v) is 15.9. The zero-order valence-electron chi connectivity index (χ0n) is 15.1. The number of halogens is 1. The first-order valence-corrected chi connectivity index (χ1v) is 9.44. The van der Waals surface area contributed by atoms with Crippen molar-refractivity contribution in [2.45, 2.75) is 6.10 Å². The molecule has 0 saturated carbocycles. The Balaban J connectivity index is 1.50. The number of amides is 1. The van der Waals surface area contributed by atoms with Gasteiger partial charge in [0.15, 0.2) is 0 Å². The number of H-pyrrole nitrogens is 1. The molecule has 1 fully saturated rings. The number of carbonyl (C=O) groups excluding carboxylic acids is 1. The number of rotatable bonds is 3. The second-order valence-corrected chi connectivity index (χ2v) is 7.11. The van der Waals surface area contributed by atoms with Gasteiger partial charge in [-0.3, -0.25) is 9.59 Å². The number of hydrogen-bond acceptors (Lipinski definition) is 3. The molecule has 1 unspecified atom stereocenters. The summed E-state index contributed by atoms with van der Waals surface area (Å²) in [5, 5.41) is 1.56. The molecule has 2 aromatic carbocycles. The van der Waals surface area contributed by atoms with Gasteiger partial charge in [0.2, 0.25) is 5.91 Å². The van der Waals surface area contributed by atoms with Gasteiger partial charge in [0.05, 0.1) is 13.2 Å². The van der Waals surface area contributed by atoms with Gasteiger partial charge in [-0.1, -0.05) is 41.9 Å². The minimum atomic E-state index is -0.221. The highest BCUT2D eigenvalue weighted by molar-refractivity contribution is 6.30. The molecule has 3 aromatic rings. The lowest BCUT2D eigenvalue weighted by Crippen LogP contribution is -2.41. The Bertz CT molecular complexity index is 1110. The Kier molecular flexibility index (Phi) is 5.28. The first kappa shape index (κ1) is 18.5. The van der Waals surface area contributed by atoms with Gasteiger partial charge >= 0.3 is 0 Å². The van der Waals surface area contributed by atoms with Crippen LogP contribution in [0.25, 0.3) is 17.0 Å². The number of nitrogens with one attached hydrogen (secondary N) is 1. The summed E-state index contributed by atoms with van der Waals surface area (Å²) in [4.78, 5) is 29.4. The van der Waals surface area contributed by atoms with Gasteiger partial charge < -0.3 is 14.6 Å². The molecular formula is C22H19ClN2O3. The van der Waals surface area contributed by atoms with Crippen molar-refractivity contribution in [3.8, 4) is 0 Å². The van der Waals surface area contributed by atoms with Crippen molar-refractivity contribution in [3.05, 3.63) is 87.2 Å². The van der Waals surface area contributed by atoms with E-state index in [9.17, 15) is 9.59 Å². The van der Waals surface area contributed by atoms with E-state index in [1.807, 2.05) is 42.5 Å². The van der Waals surface area contributed by atoms with E-state index in [4.69, 9.17) is 16.3 Å². The third kappa shape index (κ3) is 4.01. The van der Waals surface area contributed by atoms with Crippen LogP contribution in [0.1, 0.15) is 17.2 Å². The number of hydrogen-bond donors (Lipinski definition) is 1. The first-order valence-electron chi connectivity index (χ1n) is 9.06. The summed E-state index contributed by atoms with van der Waals surface area (Å²) in [5.41, 5.74) is 1.95. The Morgan fingerprint density at radius 2 is 2.04 bits per heavy atom. The second-order valence-electron chi connectivity index (χ2n) is 6.67. The highest BCUT2D eigenvalue weighted by Crippen LogP contribution is 2.24. The van der Waals surface area contributed by atoms with Crippen molar-refractivity contribution in [1.82, 2.24) is 9.88 Å². The third-order valence-corrected chi connectivity index (χ3v) is 5.02. The molecule has 1 aliphatic rings. The topological polar surface area (TPSA) is 62.4 Å². The minimum Gasteiger partial charge on any atom is -0.370 e. The molecule has 1 atom stereocenters. The summed E-state index contributed by atoms with van der Waals surface area (Å²) in [7, 11) is 0. The number of pyridine rings is 1. The van der Waals surface area contributed by atoms with Gasteiger partial charge in [0.1, 0.15) is 6.10 Å². The average Bonchev–Trinajstić information content (AvgIpc) is 2.72. The van der Waals surface area contributed by atoms with Gasteiger partial charge in [-0.05, 0) is 41.3 Å². The number of morpholine rings is 1. The highest BCUT2D eigenvalue weighted by Gasteiger charge is 2.24. The minimum absolute atomic E-state index is 0.150. The molecular weight excluding hydrogens is 376 g/mol. The molecule has 1 saturated heterocycles. The molecule has 142 valence electrons. The van der Waals surface area contributed by atoms with Crippen LogP contribution in [0.3, 0.4) is 0 Å². The number of benzene rings is 2. The van der Waals surface area contributed by atoms with Gasteiger partial charge in [-0.25, -0.2) is 0 Å². The Labute approximate surface area is 167 Å². The normalized spacial score (nSPS) is 17.3. The van der Waals surface area contributed by atoms with Gasteiger partial charge in [-0.15, -0.1) is 0 Å². The standard InChI is InChI=1S/C22H19ClN2O3/c23-18-6-3-5-16(13-18)20-14-25(10-11-28-20)21(26)9-8-17-12-15-4-1-2-7-19(15)24-22(17)27/h1-9,12-13,20H,10-11,14H2,(H,24,27)/b9-8+. The van der Waals surface area contributed by atoms with Crippen LogP contribution < -0.4 is 5.56 Å². The maximum atomic E-state index is 12.6. The smallest absolute Gasteiger partial charge is 0.255 e. The fraction of sp³-hybridized carbons (Fsp3) is 0.182. The van der Waals surface area contributed by atoms with Crippen LogP contribution in [0.5, 0.6) is 0 Å². The molecule has 0 bridgehead atoms. The third-order valence-electron chi connectivity index (χ3n) is 4.79. The number of aromatic nitrogens is 1. The van der Waals surface area contributed by atoms with Crippen LogP contribution in [0, 0.1) is 0 Å². The van der Waals surface area contributed by atoms with Gasteiger partial charge in [0, 0.05) is 28.7 Å². The lowest BCUT2D eigenvalue weighted by molar-refractivity contribution is -0.133. The molecule has 1 aromatic heterocycles. The SMILES string of the molecule is O=C(/C=C/c1cc2ccccc2[nH]c1=O)N1CCOC(c2cccc(Cl)c2)C1. The van der Waals surface area contributed by atoms with E-state index in [2.05, 4.69) is 4.98 Å². The quantitative estimate of drug-likeness (QED) is 0.687. The first-order chi connectivity index (χ1) is 13.6. The van der Waals surface area contributed by atoms with Crippen molar-refractivity contribution in [3.63, 3.8) is 0 Å². The van der Waals surface area contributed by atoms with E-state index in [1.54, 1.807) is 23.1 Å². The number of ether oxygens (including phenoxy) is 1. The predicted octanol–water partition coefficient (Wildman–Crippen LogP) is 3.79. The van der Waals surface area contributed by atoms with E-state index >= 15 is 0 Å². The Morgan fingerprint density at radius 3 is 2.89 bits per heavy atom. The van der Waals surface area contributed by atoms with Crippen LogP contribution in [0.4, 0.5) is 0 Å². The number of para-hydroxylation sites is 1. The summed E-state index contributed by atoms with van der Waals surface area (Å²) in [6, 6.07) is 16.8. The van der Waals surface area contributed by atoms with E-state index in [1.165, 1.54) is 6.08 Å². The monoisotopic (exact) mass is 394 g/mol. The van der Waals surface area contributed by atoms with Crippen molar-refractivity contribution in [1.29, 1.82) is 0 Å².